The van der Waals surface area contributed by atoms with Gasteiger partial charge in [0.2, 0.25) is 17.7 Å². The van der Waals surface area contributed by atoms with Crippen LogP contribution in [-0.2, 0) is 14.4 Å². The molecule has 0 spiro atoms. The SMILES string of the molecule is CN(C)C(=O)C1CCN(C(=O)C2CC(=O)N(c3cccc(Cl)c3)C2)CC1. The largest absolute Gasteiger partial charge is 0.349 e. The Hall–Kier alpha value is -2.08. The number of amides is 3. The number of carbonyl (C=O) groups excluding carboxylic acids is 3. The molecule has 6 nitrogen and oxygen atoms in total. The van der Waals surface area contributed by atoms with E-state index >= 15 is 0 Å². The Morgan fingerprint density at radius 2 is 1.85 bits per heavy atom. The van der Waals surface area contributed by atoms with Gasteiger partial charge in [0, 0.05) is 56.8 Å². The fourth-order valence-electron chi connectivity index (χ4n) is 3.74. The topological polar surface area (TPSA) is 60.9 Å². The second-order valence-corrected chi connectivity index (χ2v) is 7.65. The van der Waals surface area contributed by atoms with Crippen molar-refractivity contribution in [3.63, 3.8) is 0 Å². The third-order valence-corrected chi connectivity index (χ3v) is 5.43. The van der Waals surface area contributed by atoms with Crippen LogP contribution < -0.4 is 4.90 Å². The van der Waals surface area contributed by atoms with Crippen molar-refractivity contribution in [3.8, 4) is 0 Å². The smallest absolute Gasteiger partial charge is 0.228 e. The van der Waals surface area contributed by atoms with Gasteiger partial charge in [-0.25, -0.2) is 0 Å². The Morgan fingerprint density at radius 3 is 2.46 bits per heavy atom. The molecule has 1 unspecified atom stereocenters. The molecular weight excluding hydrogens is 354 g/mol. The van der Waals surface area contributed by atoms with E-state index in [4.69, 9.17) is 11.6 Å². The summed E-state index contributed by atoms with van der Waals surface area (Å²) in [5.41, 5.74) is 0.730. The van der Waals surface area contributed by atoms with E-state index in [1.165, 1.54) is 0 Å². The molecule has 0 bridgehead atoms. The summed E-state index contributed by atoms with van der Waals surface area (Å²) in [5, 5.41) is 0.567. The third-order valence-electron chi connectivity index (χ3n) is 5.19. The van der Waals surface area contributed by atoms with E-state index in [1.807, 2.05) is 6.07 Å². The van der Waals surface area contributed by atoms with Gasteiger partial charge in [-0.3, -0.25) is 14.4 Å². The second-order valence-electron chi connectivity index (χ2n) is 7.22. The van der Waals surface area contributed by atoms with Crippen LogP contribution in [0.25, 0.3) is 0 Å². The maximum absolute atomic E-state index is 12.8. The molecule has 140 valence electrons. The van der Waals surface area contributed by atoms with Crippen molar-refractivity contribution < 1.29 is 14.4 Å². The van der Waals surface area contributed by atoms with E-state index in [9.17, 15) is 14.4 Å². The molecule has 0 saturated carbocycles. The molecule has 0 N–H and O–H groups in total. The number of rotatable bonds is 3. The maximum atomic E-state index is 12.8. The minimum Gasteiger partial charge on any atom is -0.349 e. The quantitative estimate of drug-likeness (QED) is 0.809. The van der Waals surface area contributed by atoms with Crippen molar-refractivity contribution in [3.05, 3.63) is 29.3 Å². The molecule has 1 aromatic carbocycles. The number of carbonyl (C=O) groups is 3. The lowest BCUT2D eigenvalue weighted by molar-refractivity contribution is -0.141. The fraction of sp³-hybridized carbons (Fsp3) is 0.526. The molecule has 1 atom stereocenters. The molecular formula is C19H24ClN3O3. The first kappa shape index (κ1) is 18.7. The molecule has 0 aliphatic carbocycles. The lowest BCUT2D eigenvalue weighted by atomic mass is 9.94. The second kappa shape index (κ2) is 7.66. The zero-order chi connectivity index (χ0) is 18.8. The number of anilines is 1. The van der Waals surface area contributed by atoms with E-state index in [-0.39, 0.29) is 36.0 Å². The molecule has 0 aromatic heterocycles. The first-order chi connectivity index (χ1) is 12.4. The fourth-order valence-corrected chi connectivity index (χ4v) is 3.92. The molecule has 2 fully saturated rings. The number of hydrogen-bond acceptors (Lipinski definition) is 3. The van der Waals surface area contributed by atoms with E-state index < -0.39 is 0 Å². The van der Waals surface area contributed by atoms with Crippen LogP contribution in [0.1, 0.15) is 19.3 Å². The van der Waals surface area contributed by atoms with E-state index in [1.54, 1.807) is 47.0 Å². The summed E-state index contributed by atoms with van der Waals surface area (Å²) in [6, 6.07) is 7.12. The minimum atomic E-state index is -0.331. The van der Waals surface area contributed by atoms with Gasteiger partial charge in [0.15, 0.2) is 0 Å². The Bertz CT molecular complexity index is 714. The standard InChI is InChI=1S/C19H24ClN3O3/c1-21(2)18(25)13-6-8-22(9-7-13)19(26)14-10-17(24)23(12-14)16-5-3-4-15(20)11-16/h3-5,11,13-14H,6-10,12H2,1-2H3. The van der Waals surface area contributed by atoms with Crippen LogP contribution in [0.3, 0.4) is 0 Å². The van der Waals surface area contributed by atoms with Crippen LogP contribution in [0, 0.1) is 11.8 Å². The van der Waals surface area contributed by atoms with Gasteiger partial charge < -0.3 is 14.7 Å². The van der Waals surface area contributed by atoms with Gasteiger partial charge in [-0.15, -0.1) is 0 Å². The zero-order valence-corrected chi connectivity index (χ0v) is 15.9. The number of piperidine rings is 1. The summed E-state index contributed by atoms with van der Waals surface area (Å²) in [4.78, 5) is 42.3. The summed E-state index contributed by atoms with van der Waals surface area (Å²) in [6.45, 7) is 1.53. The molecule has 2 aliphatic rings. The molecule has 2 heterocycles. The summed E-state index contributed by atoms with van der Waals surface area (Å²) in [7, 11) is 3.52. The van der Waals surface area contributed by atoms with E-state index in [0.29, 0.717) is 37.5 Å². The highest BCUT2D eigenvalue weighted by atomic mass is 35.5. The van der Waals surface area contributed by atoms with Crippen LogP contribution in [0.15, 0.2) is 24.3 Å². The van der Waals surface area contributed by atoms with E-state index in [0.717, 1.165) is 5.69 Å². The van der Waals surface area contributed by atoms with Crippen LogP contribution in [0.4, 0.5) is 5.69 Å². The van der Waals surface area contributed by atoms with Crippen molar-refractivity contribution >= 4 is 35.0 Å². The van der Waals surface area contributed by atoms with Gasteiger partial charge in [-0.05, 0) is 31.0 Å². The van der Waals surface area contributed by atoms with Crippen LogP contribution in [0.2, 0.25) is 5.02 Å². The highest BCUT2D eigenvalue weighted by Crippen LogP contribution is 2.29. The Balaban J connectivity index is 1.60. The van der Waals surface area contributed by atoms with Gasteiger partial charge in [-0.1, -0.05) is 17.7 Å². The van der Waals surface area contributed by atoms with Crippen molar-refractivity contribution in [1.29, 1.82) is 0 Å². The molecule has 2 aliphatic heterocycles. The van der Waals surface area contributed by atoms with Gasteiger partial charge in [0.05, 0.1) is 5.92 Å². The number of halogens is 1. The highest BCUT2D eigenvalue weighted by Gasteiger charge is 2.38. The predicted octanol–water partition coefficient (Wildman–Crippen LogP) is 2.02. The van der Waals surface area contributed by atoms with Gasteiger partial charge >= 0.3 is 0 Å². The number of benzene rings is 1. The average molecular weight is 378 g/mol. The third kappa shape index (κ3) is 3.85. The zero-order valence-electron chi connectivity index (χ0n) is 15.2. The van der Waals surface area contributed by atoms with Crippen molar-refractivity contribution in [2.75, 3.05) is 38.6 Å². The first-order valence-electron chi connectivity index (χ1n) is 8.92. The summed E-state index contributed by atoms with van der Waals surface area (Å²) in [5.74, 6) is -0.257. The molecule has 3 amide bonds. The van der Waals surface area contributed by atoms with Crippen LogP contribution in [0.5, 0.6) is 0 Å². The maximum Gasteiger partial charge on any atom is 0.228 e. The monoisotopic (exact) mass is 377 g/mol. The first-order valence-corrected chi connectivity index (χ1v) is 9.30. The molecule has 3 rings (SSSR count). The molecule has 2 saturated heterocycles. The number of hydrogen-bond donors (Lipinski definition) is 0. The molecule has 26 heavy (non-hydrogen) atoms. The van der Waals surface area contributed by atoms with Crippen LogP contribution in [-0.4, -0.2) is 61.3 Å². The Kier molecular flexibility index (Phi) is 5.51. The van der Waals surface area contributed by atoms with Gasteiger partial charge in [0.25, 0.3) is 0 Å². The Morgan fingerprint density at radius 1 is 1.15 bits per heavy atom. The van der Waals surface area contributed by atoms with Crippen molar-refractivity contribution in [1.82, 2.24) is 9.80 Å². The molecule has 7 heteroatoms. The van der Waals surface area contributed by atoms with Crippen molar-refractivity contribution in [2.45, 2.75) is 19.3 Å². The lowest BCUT2D eigenvalue weighted by Gasteiger charge is -2.33. The van der Waals surface area contributed by atoms with E-state index in [2.05, 4.69) is 0 Å². The predicted molar refractivity (Wildman–Crippen MR) is 99.9 cm³/mol. The number of likely N-dealkylation sites (tertiary alicyclic amines) is 1. The average Bonchev–Trinajstić information content (AvgIpc) is 3.02. The lowest BCUT2D eigenvalue weighted by Crippen LogP contribution is -2.45. The summed E-state index contributed by atoms with van der Waals surface area (Å²) in [6.07, 6.45) is 1.59. The molecule has 0 radical (unpaired) electrons. The summed E-state index contributed by atoms with van der Waals surface area (Å²) >= 11 is 6.01. The normalized spacial score (nSPS) is 21.2. The van der Waals surface area contributed by atoms with Crippen molar-refractivity contribution in [2.24, 2.45) is 11.8 Å². The molecule has 1 aromatic rings. The van der Waals surface area contributed by atoms with Gasteiger partial charge in [0.1, 0.15) is 0 Å². The minimum absolute atomic E-state index is 0.0118. The van der Waals surface area contributed by atoms with Gasteiger partial charge in [-0.2, -0.15) is 0 Å². The van der Waals surface area contributed by atoms with Crippen LogP contribution >= 0.6 is 11.6 Å². The number of nitrogens with zero attached hydrogens (tertiary/aromatic N) is 3. The highest BCUT2D eigenvalue weighted by molar-refractivity contribution is 6.31. The summed E-state index contributed by atoms with van der Waals surface area (Å²) < 4.78 is 0. The Labute approximate surface area is 158 Å².